The number of aromatic amines is 1. The third kappa shape index (κ3) is 3.66. The Morgan fingerprint density at radius 1 is 1.03 bits per heavy atom. The number of hydrogen-bond donors (Lipinski definition) is 2. The molecule has 2 aromatic carbocycles. The van der Waals surface area contributed by atoms with Crippen LogP contribution < -0.4 is 0 Å². The van der Waals surface area contributed by atoms with E-state index in [4.69, 9.17) is 0 Å². The molecule has 2 N–H and O–H groups in total. The van der Waals surface area contributed by atoms with E-state index in [-0.39, 0.29) is 18.0 Å². The van der Waals surface area contributed by atoms with Gasteiger partial charge in [-0.25, -0.2) is 8.42 Å². The highest BCUT2D eigenvalue weighted by atomic mass is 32.2. The molecule has 0 spiro atoms. The van der Waals surface area contributed by atoms with E-state index in [9.17, 15) is 18.3 Å². The molecule has 152 valence electrons. The Kier molecular flexibility index (Phi) is 5.16. The van der Waals surface area contributed by atoms with Crippen molar-refractivity contribution in [2.45, 2.75) is 17.9 Å². The Balaban J connectivity index is 1.54. The van der Waals surface area contributed by atoms with Gasteiger partial charge in [-0.3, -0.25) is 9.69 Å². The van der Waals surface area contributed by atoms with Gasteiger partial charge in [0, 0.05) is 48.8 Å². The molecule has 0 bridgehead atoms. The molecule has 0 amide bonds. The first-order chi connectivity index (χ1) is 13.9. The third-order valence-electron chi connectivity index (χ3n) is 5.45. The molecule has 0 aliphatic carbocycles. The van der Waals surface area contributed by atoms with Gasteiger partial charge in [0.15, 0.2) is 0 Å². The number of carboxylic acids is 1. The summed E-state index contributed by atoms with van der Waals surface area (Å²) in [6.07, 6.45) is 1.73. The number of benzene rings is 2. The zero-order valence-corrected chi connectivity index (χ0v) is 16.9. The quantitative estimate of drug-likeness (QED) is 0.671. The zero-order chi connectivity index (χ0) is 20.6. The molecule has 4 rings (SSSR count). The Morgan fingerprint density at radius 3 is 2.34 bits per heavy atom. The average molecular weight is 413 g/mol. The standard InChI is InChI=1S/C21H23N3O4S/c1-15-6-8-16(9-7-15)29(27,28)24-12-10-23(11-13-24)20(21(25)26)18-14-22-19-5-3-2-4-17(18)19/h2-9,14,20,22H,10-13H2,1H3,(H,25,26). The van der Waals surface area contributed by atoms with Crippen LogP contribution in [0.4, 0.5) is 0 Å². The van der Waals surface area contributed by atoms with Crippen LogP contribution in [-0.4, -0.2) is 59.9 Å². The first-order valence-electron chi connectivity index (χ1n) is 9.47. The highest BCUT2D eigenvalue weighted by Gasteiger charge is 2.35. The molecule has 1 saturated heterocycles. The van der Waals surface area contributed by atoms with Crippen molar-refractivity contribution in [3.63, 3.8) is 0 Å². The predicted octanol–water partition coefficient (Wildman–Crippen LogP) is 2.61. The molecular formula is C21H23N3O4S. The maximum atomic E-state index is 12.9. The molecule has 2 heterocycles. The summed E-state index contributed by atoms with van der Waals surface area (Å²) in [6.45, 7) is 3.11. The van der Waals surface area contributed by atoms with Gasteiger partial charge in [-0.05, 0) is 25.1 Å². The molecule has 1 aromatic heterocycles. The van der Waals surface area contributed by atoms with Crippen molar-refractivity contribution in [1.29, 1.82) is 0 Å². The summed E-state index contributed by atoms with van der Waals surface area (Å²) in [7, 11) is -3.58. The van der Waals surface area contributed by atoms with Crippen LogP contribution >= 0.6 is 0 Å². The van der Waals surface area contributed by atoms with E-state index >= 15 is 0 Å². The van der Waals surface area contributed by atoms with E-state index < -0.39 is 22.0 Å². The van der Waals surface area contributed by atoms with Crippen LogP contribution in [0.1, 0.15) is 17.2 Å². The smallest absolute Gasteiger partial charge is 0.325 e. The van der Waals surface area contributed by atoms with E-state index in [0.29, 0.717) is 18.7 Å². The fraction of sp³-hybridized carbons (Fsp3) is 0.286. The van der Waals surface area contributed by atoms with Crippen molar-refractivity contribution in [3.05, 3.63) is 65.9 Å². The second-order valence-electron chi connectivity index (χ2n) is 7.28. The Labute approximate surface area is 169 Å². The first kappa shape index (κ1) is 19.6. The fourth-order valence-electron chi connectivity index (χ4n) is 3.87. The summed E-state index contributed by atoms with van der Waals surface area (Å²) < 4.78 is 27.2. The summed E-state index contributed by atoms with van der Waals surface area (Å²) >= 11 is 0. The summed E-state index contributed by atoms with van der Waals surface area (Å²) in [6, 6.07) is 13.5. The zero-order valence-electron chi connectivity index (χ0n) is 16.1. The summed E-state index contributed by atoms with van der Waals surface area (Å²) in [4.78, 5) is 17.3. The number of aromatic nitrogens is 1. The van der Waals surface area contributed by atoms with Crippen LogP contribution in [0.25, 0.3) is 10.9 Å². The third-order valence-corrected chi connectivity index (χ3v) is 7.36. The molecule has 3 aromatic rings. The van der Waals surface area contributed by atoms with Gasteiger partial charge in [0.05, 0.1) is 4.90 Å². The van der Waals surface area contributed by atoms with Crippen molar-refractivity contribution in [1.82, 2.24) is 14.2 Å². The van der Waals surface area contributed by atoms with E-state index in [0.717, 1.165) is 16.5 Å². The number of aliphatic carboxylic acids is 1. The minimum atomic E-state index is -3.58. The topological polar surface area (TPSA) is 93.7 Å². The van der Waals surface area contributed by atoms with Gasteiger partial charge in [0.25, 0.3) is 0 Å². The fourth-order valence-corrected chi connectivity index (χ4v) is 5.29. The molecule has 1 fully saturated rings. The molecule has 29 heavy (non-hydrogen) atoms. The van der Waals surface area contributed by atoms with Crippen LogP contribution in [0.15, 0.2) is 59.6 Å². The summed E-state index contributed by atoms with van der Waals surface area (Å²) in [5.41, 5.74) is 2.58. The van der Waals surface area contributed by atoms with Crippen molar-refractivity contribution >= 4 is 26.9 Å². The number of fused-ring (bicyclic) bond motifs is 1. The van der Waals surface area contributed by atoms with Gasteiger partial charge < -0.3 is 10.1 Å². The Bertz CT molecular complexity index is 1130. The maximum absolute atomic E-state index is 12.9. The number of sulfonamides is 1. The van der Waals surface area contributed by atoms with E-state index in [1.54, 1.807) is 30.5 Å². The van der Waals surface area contributed by atoms with Gasteiger partial charge in [-0.2, -0.15) is 4.31 Å². The van der Waals surface area contributed by atoms with Crippen molar-refractivity contribution in [3.8, 4) is 0 Å². The Morgan fingerprint density at radius 2 is 1.69 bits per heavy atom. The lowest BCUT2D eigenvalue weighted by molar-refractivity contribution is -0.144. The second kappa shape index (κ2) is 7.62. The molecule has 8 heteroatoms. The minimum absolute atomic E-state index is 0.252. The molecule has 1 atom stereocenters. The number of carboxylic acid groups (broad SMARTS) is 1. The van der Waals surface area contributed by atoms with Crippen LogP contribution in [0.5, 0.6) is 0 Å². The van der Waals surface area contributed by atoms with Crippen LogP contribution in [0.2, 0.25) is 0 Å². The van der Waals surface area contributed by atoms with Crippen molar-refractivity contribution < 1.29 is 18.3 Å². The number of rotatable bonds is 5. The van der Waals surface area contributed by atoms with Gasteiger partial charge in [-0.1, -0.05) is 35.9 Å². The lowest BCUT2D eigenvalue weighted by Gasteiger charge is -2.37. The number of aryl methyl sites for hydroxylation is 1. The molecule has 1 unspecified atom stereocenters. The molecule has 0 saturated carbocycles. The number of nitrogens with zero attached hydrogens (tertiary/aromatic N) is 2. The van der Waals surface area contributed by atoms with Gasteiger partial charge in [0.2, 0.25) is 10.0 Å². The maximum Gasteiger partial charge on any atom is 0.325 e. The predicted molar refractivity (Wildman–Crippen MR) is 110 cm³/mol. The molecule has 0 radical (unpaired) electrons. The number of hydrogen-bond acceptors (Lipinski definition) is 4. The largest absolute Gasteiger partial charge is 0.480 e. The van der Waals surface area contributed by atoms with E-state index in [1.807, 2.05) is 36.1 Å². The van der Waals surface area contributed by atoms with Gasteiger partial charge in [-0.15, -0.1) is 0 Å². The molecule has 1 aliphatic heterocycles. The monoisotopic (exact) mass is 413 g/mol. The van der Waals surface area contributed by atoms with E-state index in [2.05, 4.69) is 4.98 Å². The number of carbonyl (C=O) groups is 1. The summed E-state index contributed by atoms with van der Waals surface area (Å²) in [5, 5.41) is 10.8. The van der Waals surface area contributed by atoms with Crippen LogP contribution in [-0.2, 0) is 14.8 Å². The number of para-hydroxylation sites is 1. The average Bonchev–Trinajstić information content (AvgIpc) is 3.12. The minimum Gasteiger partial charge on any atom is -0.480 e. The van der Waals surface area contributed by atoms with Gasteiger partial charge in [0.1, 0.15) is 6.04 Å². The summed E-state index contributed by atoms with van der Waals surface area (Å²) in [5.74, 6) is -0.940. The van der Waals surface area contributed by atoms with Gasteiger partial charge >= 0.3 is 5.97 Å². The SMILES string of the molecule is Cc1ccc(S(=O)(=O)N2CCN(C(C(=O)O)c3c[nH]c4ccccc34)CC2)cc1. The first-order valence-corrected chi connectivity index (χ1v) is 10.9. The highest BCUT2D eigenvalue weighted by molar-refractivity contribution is 7.89. The van der Waals surface area contributed by atoms with Crippen LogP contribution in [0.3, 0.4) is 0 Å². The van der Waals surface area contributed by atoms with E-state index in [1.165, 1.54) is 4.31 Å². The van der Waals surface area contributed by atoms with Crippen molar-refractivity contribution in [2.75, 3.05) is 26.2 Å². The number of nitrogens with one attached hydrogen (secondary N) is 1. The normalized spacial score (nSPS) is 17.4. The molecule has 7 nitrogen and oxygen atoms in total. The Hall–Kier alpha value is -2.68. The molecule has 1 aliphatic rings. The number of H-pyrrole nitrogens is 1. The van der Waals surface area contributed by atoms with Crippen molar-refractivity contribution in [2.24, 2.45) is 0 Å². The lowest BCUT2D eigenvalue weighted by atomic mass is 10.0. The number of piperazine rings is 1. The molecular weight excluding hydrogens is 390 g/mol. The second-order valence-corrected chi connectivity index (χ2v) is 9.22. The highest BCUT2D eigenvalue weighted by Crippen LogP contribution is 2.30. The lowest BCUT2D eigenvalue weighted by Crippen LogP contribution is -2.50. The van der Waals surface area contributed by atoms with Crippen LogP contribution in [0, 0.1) is 6.92 Å².